The second-order valence-corrected chi connectivity index (χ2v) is 8.85. The van der Waals surface area contributed by atoms with Crippen molar-refractivity contribution in [2.24, 2.45) is 5.92 Å². The van der Waals surface area contributed by atoms with E-state index in [1.54, 1.807) is 12.1 Å². The molecule has 146 valence electrons. The van der Waals surface area contributed by atoms with Crippen LogP contribution in [0.4, 0.5) is 5.69 Å². The van der Waals surface area contributed by atoms with E-state index in [9.17, 15) is 13.2 Å². The number of sulfonamides is 1. The third kappa shape index (κ3) is 3.50. The molecule has 0 saturated carbocycles. The van der Waals surface area contributed by atoms with Gasteiger partial charge in [0.1, 0.15) is 10.4 Å². The average Bonchev–Trinajstić information content (AvgIpc) is 3.18. The molecule has 1 amide bonds. The Hall–Kier alpha value is -2.78. The number of piperidine rings is 1. The third-order valence-corrected chi connectivity index (χ3v) is 6.84. The van der Waals surface area contributed by atoms with Crippen LogP contribution in [0.25, 0.3) is 11.0 Å². The maximum absolute atomic E-state index is 13.1. The van der Waals surface area contributed by atoms with Crippen LogP contribution >= 0.6 is 0 Å². The van der Waals surface area contributed by atoms with Gasteiger partial charge in [-0.25, -0.2) is 13.0 Å². The average molecular weight is 400 g/mol. The molecule has 1 unspecified atom stereocenters. The van der Waals surface area contributed by atoms with E-state index in [1.165, 1.54) is 10.4 Å². The SMILES string of the molecule is Cc1ccc(NC(=O)C2CCCN(S(=O)(=O)c3cccc4nonc34)C2)cc1. The minimum Gasteiger partial charge on any atom is -0.326 e. The molecule has 0 bridgehead atoms. The number of nitrogens with one attached hydrogen (secondary N) is 1. The number of rotatable bonds is 4. The van der Waals surface area contributed by atoms with Gasteiger partial charge >= 0.3 is 0 Å². The topological polar surface area (TPSA) is 105 Å². The Kier molecular flexibility index (Phi) is 4.86. The smallest absolute Gasteiger partial charge is 0.245 e. The van der Waals surface area contributed by atoms with Crippen molar-refractivity contribution in [3.05, 3.63) is 48.0 Å². The van der Waals surface area contributed by atoms with Gasteiger partial charge in [-0.2, -0.15) is 4.31 Å². The van der Waals surface area contributed by atoms with Crippen LogP contribution in [-0.4, -0.2) is 42.0 Å². The number of hydrogen-bond donors (Lipinski definition) is 1. The molecule has 1 atom stereocenters. The van der Waals surface area contributed by atoms with Crippen molar-refractivity contribution >= 4 is 32.7 Å². The van der Waals surface area contributed by atoms with E-state index in [-0.39, 0.29) is 22.9 Å². The fourth-order valence-corrected chi connectivity index (χ4v) is 5.05. The number of carbonyl (C=O) groups is 1. The number of fused-ring (bicyclic) bond motifs is 1. The van der Waals surface area contributed by atoms with Gasteiger partial charge in [-0.15, -0.1) is 0 Å². The molecule has 1 aliphatic rings. The molecule has 2 aromatic carbocycles. The van der Waals surface area contributed by atoms with Gasteiger partial charge in [0.2, 0.25) is 15.9 Å². The number of nitrogens with zero attached hydrogens (tertiary/aromatic N) is 3. The van der Waals surface area contributed by atoms with Crippen LogP contribution in [0.1, 0.15) is 18.4 Å². The molecule has 0 aliphatic carbocycles. The summed E-state index contributed by atoms with van der Waals surface area (Å²) in [5.41, 5.74) is 2.39. The van der Waals surface area contributed by atoms with E-state index in [1.807, 2.05) is 31.2 Å². The fourth-order valence-electron chi connectivity index (χ4n) is 3.38. The predicted octanol–water partition coefficient (Wildman–Crippen LogP) is 2.57. The van der Waals surface area contributed by atoms with Crippen molar-refractivity contribution in [3.8, 4) is 0 Å². The molecule has 8 nitrogen and oxygen atoms in total. The van der Waals surface area contributed by atoms with Crippen molar-refractivity contribution in [1.29, 1.82) is 0 Å². The highest BCUT2D eigenvalue weighted by Gasteiger charge is 2.34. The Morgan fingerprint density at radius 3 is 2.75 bits per heavy atom. The maximum Gasteiger partial charge on any atom is 0.245 e. The van der Waals surface area contributed by atoms with Crippen molar-refractivity contribution in [2.75, 3.05) is 18.4 Å². The van der Waals surface area contributed by atoms with Crippen LogP contribution in [0.2, 0.25) is 0 Å². The Morgan fingerprint density at radius 2 is 1.96 bits per heavy atom. The lowest BCUT2D eigenvalue weighted by atomic mass is 9.98. The number of benzene rings is 2. The van der Waals surface area contributed by atoms with Gasteiger partial charge in [0.15, 0.2) is 5.52 Å². The first kappa shape index (κ1) is 18.6. The predicted molar refractivity (Wildman–Crippen MR) is 103 cm³/mol. The van der Waals surface area contributed by atoms with Gasteiger partial charge in [-0.1, -0.05) is 23.8 Å². The quantitative estimate of drug-likeness (QED) is 0.722. The zero-order chi connectivity index (χ0) is 19.7. The molecular weight excluding hydrogens is 380 g/mol. The Bertz CT molecular complexity index is 1110. The zero-order valence-corrected chi connectivity index (χ0v) is 16.1. The summed E-state index contributed by atoms with van der Waals surface area (Å²) in [6.07, 6.45) is 1.25. The molecule has 1 aliphatic heterocycles. The molecule has 28 heavy (non-hydrogen) atoms. The van der Waals surface area contributed by atoms with Crippen molar-refractivity contribution in [2.45, 2.75) is 24.7 Å². The highest BCUT2D eigenvalue weighted by molar-refractivity contribution is 7.89. The summed E-state index contributed by atoms with van der Waals surface area (Å²) in [6.45, 7) is 2.46. The lowest BCUT2D eigenvalue weighted by molar-refractivity contribution is -0.120. The highest BCUT2D eigenvalue weighted by atomic mass is 32.2. The van der Waals surface area contributed by atoms with Crippen molar-refractivity contribution in [1.82, 2.24) is 14.6 Å². The van der Waals surface area contributed by atoms with E-state index in [0.717, 1.165) is 5.56 Å². The molecule has 1 fully saturated rings. The highest BCUT2D eigenvalue weighted by Crippen LogP contribution is 2.28. The Labute approximate surface area is 162 Å². The van der Waals surface area contributed by atoms with E-state index >= 15 is 0 Å². The summed E-state index contributed by atoms with van der Waals surface area (Å²) in [4.78, 5) is 12.7. The monoisotopic (exact) mass is 400 g/mol. The number of aryl methyl sites for hydroxylation is 1. The number of anilines is 1. The molecule has 3 aromatic rings. The summed E-state index contributed by atoms with van der Waals surface area (Å²) in [5, 5.41) is 10.3. The second kappa shape index (κ2) is 7.33. The van der Waals surface area contributed by atoms with Gasteiger partial charge in [-0.05, 0) is 54.3 Å². The number of amides is 1. The summed E-state index contributed by atoms with van der Waals surface area (Å²) >= 11 is 0. The van der Waals surface area contributed by atoms with Gasteiger partial charge < -0.3 is 5.32 Å². The van der Waals surface area contributed by atoms with Crippen LogP contribution in [0.5, 0.6) is 0 Å². The summed E-state index contributed by atoms with van der Waals surface area (Å²) < 4.78 is 32.3. The molecule has 9 heteroatoms. The van der Waals surface area contributed by atoms with Gasteiger partial charge in [-0.3, -0.25) is 4.79 Å². The summed E-state index contributed by atoms with van der Waals surface area (Å²) in [7, 11) is -3.81. The molecule has 4 rings (SSSR count). The molecule has 1 saturated heterocycles. The van der Waals surface area contributed by atoms with Crippen LogP contribution in [0, 0.1) is 12.8 Å². The Morgan fingerprint density at radius 1 is 1.18 bits per heavy atom. The van der Waals surface area contributed by atoms with Gasteiger partial charge in [0, 0.05) is 18.8 Å². The van der Waals surface area contributed by atoms with Crippen LogP contribution in [0.3, 0.4) is 0 Å². The summed E-state index contributed by atoms with van der Waals surface area (Å²) in [6, 6.07) is 12.2. The first-order valence-corrected chi connectivity index (χ1v) is 10.5. The first-order chi connectivity index (χ1) is 13.4. The van der Waals surface area contributed by atoms with E-state index in [4.69, 9.17) is 0 Å². The first-order valence-electron chi connectivity index (χ1n) is 9.04. The number of aromatic nitrogens is 2. The molecule has 2 heterocycles. The molecular formula is C19H20N4O4S. The molecule has 0 spiro atoms. The minimum absolute atomic E-state index is 0.0471. The molecule has 1 N–H and O–H groups in total. The summed E-state index contributed by atoms with van der Waals surface area (Å²) in [5.74, 6) is -0.593. The van der Waals surface area contributed by atoms with E-state index in [2.05, 4.69) is 20.3 Å². The van der Waals surface area contributed by atoms with Gasteiger partial charge in [0.25, 0.3) is 0 Å². The lowest BCUT2D eigenvalue weighted by Crippen LogP contribution is -2.43. The normalized spacial score (nSPS) is 18.2. The number of hydrogen-bond acceptors (Lipinski definition) is 6. The second-order valence-electron chi connectivity index (χ2n) is 6.95. The molecule has 1 aromatic heterocycles. The van der Waals surface area contributed by atoms with Crippen LogP contribution in [-0.2, 0) is 14.8 Å². The fraction of sp³-hybridized carbons (Fsp3) is 0.316. The van der Waals surface area contributed by atoms with Crippen molar-refractivity contribution < 1.29 is 17.8 Å². The standard InChI is InChI=1S/C19H20N4O4S/c1-13-7-9-15(10-8-13)20-19(24)14-4-3-11-23(12-14)28(25,26)17-6-2-5-16-18(17)22-27-21-16/h2,5-10,14H,3-4,11-12H2,1H3,(H,20,24). The maximum atomic E-state index is 13.1. The van der Waals surface area contributed by atoms with Crippen LogP contribution < -0.4 is 5.32 Å². The minimum atomic E-state index is -3.81. The van der Waals surface area contributed by atoms with Crippen LogP contribution in [0.15, 0.2) is 52.0 Å². The van der Waals surface area contributed by atoms with Gasteiger partial charge in [0.05, 0.1) is 5.92 Å². The van der Waals surface area contributed by atoms with E-state index in [0.29, 0.717) is 30.6 Å². The largest absolute Gasteiger partial charge is 0.326 e. The van der Waals surface area contributed by atoms with E-state index < -0.39 is 15.9 Å². The number of carbonyl (C=O) groups excluding carboxylic acids is 1. The lowest BCUT2D eigenvalue weighted by Gasteiger charge is -2.31. The zero-order valence-electron chi connectivity index (χ0n) is 15.3. The Balaban J connectivity index is 1.53. The molecule has 0 radical (unpaired) electrons. The van der Waals surface area contributed by atoms with Crippen molar-refractivity contribution in [3.63, 3.8) is 0 Å². The third-order valence-electron chi connectivity index (χ3n) is 4.94.